The molecule has 0 unspecified atom stereocenters. The Morgan fingerprint density at radius 1 is 1.00 bits per heavy atom. The van der Waals surface area contributed by atoms with Crippen LogP contribution in [0.2, 0.25) is 0 Å². The van der Waals surface area contributed by atoms with Gasteiger partial charge in [-0.1, -0.05) is 0 Å². The molecule has 2 fully saturated rings. The van der Waals surface area contributed by atoms with Gasteiger partial charge in [-0.25, -0.2) is 0 Å². The van der Waals surface area contributed by atoms with E-state index in [4.69, 9.17) is 0 Å². The van der Waals surface area contributed by atoms with Crippen LogP contribution in [0.15, 0.2) is 0 Å². The average molecular weight is 263 g/mol. The van der Waals surface area contributed by atoms with E-state index in [1.54, 1.807) is 4.90 Å². The van der Waals surface area contributed by atoms with Gasteiger partial charge in [-0.2, -0.15) is 0 Å². The maximum atomic E-state index is 9.96. The van der Waals surface area contributed by atoms with Crippen molar-refractivity contribution in [3.8, 4) is 0 Å². The van der Waals surface area contributed by atoms with Crippen molar-refractivity contribution >= 4 is 0 Å². The van der Waals surface area contributed by atoms with Crippen molar-refractivity contribution in [1.29, 1.82) is 0 Å². The largest absolute Gasteiger partial charge is 0.394 e. The van der Waals surface area contributed by atoms with Crippen molar-refractivity contribution in [1.82, 2.24) is 4.90 Å². The first-order valence-electron chi connectivity index (χ1n) is 6.16. The van der Waals surface area contributed by atoms with Crippen molar-refractivity contribution in [2.75, 3.05) is 19.8 Å². The molecule has 2 heterocycles. The highest BCUT2D eigenvalue weighted by Crippen LogP contribution is 2.37. The molecule has 5 atom stereocenters. The monoisotopic (exact) mass is 263 g/mol. The third-order valence-corrected chi connectivity index (χ3v) is 4.25. The van der Waals surface area contributed by atoms with E-state index >= 15 is 0 Å². The fourth-order valence-electron chi connectivity index (χ4n) is 3.18. The molecule has 6 N–H and O–H groups in total. The number of nitrogens with zero attached hydrogens (tertiary/aromatic N) is 1. The summed E-state index contributed by atoms with van der Waals surface area (Å²) in [4.78, 5) is 1.61. The molecule has 2 aliphatic rings. The van der Waals surface area contributed by atoms with Crippen LogP contribution in [0.3, 0.4) is 0 Å². The zero-order chi connectivity index (χ0) is 13.5. The number of aliphatic hydroxyl groups is 6. The first-order valence-corrected chi connectivity index (χ1v) is 6.16. The first kappa shape index (κ1) is 14.1. The Hall–Kier alpha value is -0.280. The number of piperidine rings is 2. The van der Waals surface area contributed by atoms with Gasteiger partial charge in [0.1, 0.15) is 6.10 Å². The smallest absolute Gasteiger partial charge is 0.108 e. The number of rotatable bonds is 2. The molecule has 0 aromatic rings. The maximum absolute atomic E-state index is 9.96. The van der Waals surface area contributed by atoms with Gasteiger partial charge in [0.25, 0.3) is 0 Å². The SMILES string of the molecule is OCC1(CO)C[C@H](O)C[C@@H]2[C@@H](O)[C@H](O)[C@H](O)CN21. The Bertz CT molecular complexity index is 297. The van der Waals surface area contributed by atoms with Crippen molar-refractivity contribution in [2.45, 2.75) is 48.8 Å². The quantitative estimate of drug-likeness (QED) is 0.307. The molecule has 0 radical (unpaired) electrons. The van der Waals surface area contributed by atoms with Gasteiger partial charge in [-0.15, -0.1) is 0 Å². The van der Waals surface area contributed by atoms with Crippen LogP contribution in [-0.4, -0.2) is 91.3 Å². The van der Waals surface area contributed by atoms with Gasteiger partial charge in [0.05, 0.1) is 37.1 Å². The summed E-state index contributed by atoms with van der Waals surface area (Å²) in [6, 6.07) is -0.577. The standard InChI is InChI=1S/C11H21NO6/c13-4-11(5-14)2-6(15)1-7-9(17)10(18)8(16)3-12(7)11/h6-10,13-18H,1-5H2/t6-,7-,8-,9-,10-/m1/s1. The number of β-amino-alcohol motifs (C(OH)–C–C–N with tert-alkyl or cyclic N) is 1. The van der Waals surface area contributed by atoms with Gasteiger partial charge < -0.3 is 30.6 Å². The van der Waals surface area contributed by atoms with Gasteiger partial charge in [0, 0.05) is 12.6 Å². The van der Waals surface area contributed by atoms with E-state index in [2.05, 4.69) is 0 Å². The lowest BCUT2D eigenvalue weighted by atomic mass is 9.77. The topological polar surface area (TPSA) is 125 Å². The summed E-state index contributed by atoms with van der Waals surface area (Å²) >= 11 is 0. The van der Waals surface area contributed by atoms with Crippen molar-refractivity contribution in [3.63, 3.8) is 0 Å². The molecule has 7 nitrogen and oxygen atoms in total. The van der Waals surface area contributed by atoms with E-state index in [9.17, 15) is 30.6 Å². The van der Waals surface area contributed by atoms with Crippen LogP contribution in [0.5, 0.6) is 0 Å². The second-order valence-corrected chi connectivity index (χ2v) is 5.40. The molecule has 2 aliphatic heterocycles. The van der Waals surface area contributed by atoms with Gasteiger partial charge in [-0.3, -0.25) is 4.90 Å². The van der Waals surface area contributed by atoms with Crippen molar-refractivity contribution < 1.29 is 30.6 Å². The fourth-order valence-corrected chi connectivity index (χ4v) is 3.18. The van der Waals surface area contributed by atoms with E-state index < -0.39 is 36.0 Å². The third-order valence-electron chi connectivity index (χ3n) is 4.25. The Balaban J connectivity index is 2.30. The summed E-state index contributed by atoms with van der Waals surface area (Å²) in [6.07, 6.45) is -3.96. The van der Waals surface area contributed by atoms with Crippen LogP contribution in [-0.2, 0) is 0 Å². The van der Waals surface area contributed by atoms with Crippen LogP contribution >= 0.6 is 0 Å². The molecule has 0 bridgehead atoms. The summed E-state index contributed by atoms with van der Waals surface area (Å²) in [5, 5.41) is 58.1. The van der Waals surface area contributed by atoms with E-state index in [0.717, 1.165) is 0 Å². The van der Waals surface area contributed by atoms with E-state index in [1.807, 2.05) is 0 Å². The lowest BCUT2D eigenvalue weighted by Crippen LogP contribution is -2.73. The number of hydrogen-bond acceptors (Lipinski definition) is 7. The molecule has 0 aromatic heterocycles. The molecule has 0 aliphatic carbocycles. The first-order chi connectivity index (χ1) is 8.45. The third kappa shape index (κ3) is 2.05. The molecule has 18 heavy (non-hydrogen) atoms. The van der Waals surface area contributed by atoms with Crippen LogP contribution < -0.4 is 0 Å². The Kier molecular flexibility index (Phi) is 3.93. The van der Waals surface area contributed by atoms with Gasteiger partial charge in [0.15, 0.2) is 0 Å². The summed E-state index contributed by atoms with van der Waals surface area (Å²) in [5.74, 6) is 0. The highest BCUT2D eigenvalue weighted by atomic mass is 16.4. The summed E-state index contributed by atoms with van der Waals surface area (Å²) < 4.78 is 0. The maximum Gasteiger partial charge on any atom is 0.108 e. The number of hydrogen-bond donors (Lipinski definition) is 6. The van der Waals surface area contributed by atoms with Crippen LogP contribution in [0, 0.1) is 0 Å². The highest BCUT2D eigenvalue weighted by Gasteiger charge is 2.53. The minimum atomic E-state index is -1.27. The van der Waals surface area contributed by atoms with E-state index in [-0.39, 0.29) is 32.6 Å². The normalized spacial score (nSPS) is 44.7. The molecular formula is C11H21NO6. The second kappa shape index (κ2) is 5.01. The Morgan fingerprint density at radius 2 is 1.61 bits per heavy atom. The summed E-state index contributed by atoms with van der Waals surface area (Å²) in [5.41, 5.74) is -1.07. The minimum absolute atomic E-state index is 0.0523. The molecular weight excluding hydrogens is 242 g/mol. The Labute approximate surface area is 105 Å². The molecule has 106 valence electrons. The molecule has 2 rings (SSSR count). The van der Waals surface area contributed by atoms with Crippen LogP contribution in [0.4, 0.5) is 0 Å². The predicted molar refractivity (Wildman–Crippen MR) is 60.7 cm³/mol. The van der Waals surface area contributed by atoms with Gasteiger partial charge in [0.2, 0.25) is 0 Å². The predicted octanol–water partition coefficient (Wildman–Crippen LogP) is -3.37. The zero-order valence-electron chi connectivity index (χ0n) is 10.1. The second-order valence-electron chi connectivity index (χ2n) is 5.40. The number of aliphatic hydroxyl groups excluding tert-OH is 6. The Morgan fingerprint density at radius 3 is 2.17 bits per heavy atom. The van der Waals surface area contributed by atoms with E-state index in [1.165, 1.54) is 0 Å². The molecule has 0 amide bonds. The van der Waals surface area contributed by atoms with Gasteiger partial charge >= 0.3 is 0 Å². The molecule has 7 heteroatoms. The van der Waals surface area contributed by atoms with Crippen molar-refractivity contribution in [3.05, 3.63) is 0 Å². The minimum Gasteiger partial charge on any atom is -0.394 e. The number of fused-ring (bicyclic) bond motifs is 1. The molecule has 0 spiro atoms. The molecule has 0 aromatic carbocycles. The molecule has 0 saturated carbocycles. The van der Waals surface area contributed by atoms with Gasteiger partial charge in [-0.05, 0) is 12.8 Å². The van der Waals surface area contributed by atoms with Crippen molar-refractivity contribution in [2.24, 2.45) is 0 Å². The summed E-state index contributed by atoms with van der Waals surface area (Å²) in [6.45, 7) is -0.712. The van der Waals surface area contributed by atoms with Crippen LogP contribution in [0.25, 0.3) is 0 Å². The molecule has 2 saturated heterocycles. The lowest BCUT2D eigenvalue weighted by molar-refractivity contribution is -0.203. The van der Waals surface area contributed by atoms with E-state index in [0.29, 0.717) is 0 Å². The highest BCUT2D eigenvalue weighted by molar-refractivity contribution is 5.07. The average Bonchev–Trinajstić information content (AvgIpc) is 2.36. The zero-order valence-corrected chi connectivity index (χ0v) is 10.1. The van der Waals surface area contributed by atoms with Crippen LogP contribution in [0.1, 0.15) is 12.8 Å². The lowest BCUT2D eigenvalue weighted by Gasteiger charge is -2.56. The fraction of sp³-hybridized carbons (Fsp3) is 1.00. The summed E-state index contributed by atoms with van der Waals surface area (Å²) in [7, 11) is 0.